The van der Waals surface area contributed by atoms with Gasteiger partial charge in [0.25, 0.3) is 0 Å². The number of benzene rings is 1. The van der Waals surface area contributed by atoms with Crippen molar-refractivity contribution in [1.29, 1.82) is 0 Å². The van der Waals surface area contributed by atoms with Crippen LogP contribution in [-0.2, 0) is 6.54 Å². The van der Waals surface area contributed by atoms with Crippen LogP contribution in [0.15, 0.2) is 54.9 Å². The molecule has 31 heavy (non-hydrogen) atoms. The van der Waals surface area contributed by atoms with Gasteiger partial charge in [0.1, 0.15) is 11.6 Å². The van der Waals surface area contributed by atoms with E-state index < -0.39 is 17.7 Å². The number of piperidine rings is 1. The van der Waals surface area contributed by atoms with E-state index in [0.29, 0.717) is 25.3 Å². The van der Waals surface area contributed by atoms with Gasteiger partial charge in [-0.15, -0.1) is 0 Å². The SMILES string of the molecule is C[C@H]1CN(c2ccncc2NCc2cccc(-c3c(F)cccc3F)n2)CC(N)[C@@H]1O. The minimum atomic E-state index is -0.648. The fraction of sp³-hybridized carbons (Fsp3) is 0.304. The second kappa shape index (κ2) is 8.95. The minimum absolute atomic E-state index is 0.0405. The molecule has 1 fully saturated rings. The largest absolute Gasteiger partial charge is 0.391 e. The summed E-state index contributed by atoms with van der Waals surface area (Å²) in [5.41, 5.74) is 8.57. The van der Waals surface area contributed by atoms with E-state index in [1.54, 1.807) is 30.6 Å². The van der Waals surface area contributed by atoms with Crippen LogP contribution in [0.5, 0.6) is 0 Å². The Labute approximate surface area is 179 Å². The van der Waals surface area contributed by atoms with E-state index in [1.165, 1.54) is 18.2 Å². The molecule has 3 heterocycles. The van der Waals surface area contributed by atoms with Crippen LogP contribution in [0.2, 0.25) is 0 Å². The summed E-state index contributed by atoms with van der Waals surface area (Å²) in [4.78, 5) is 10.8. The van der Waals surface area contributed by atoms with E-state index in [4.69, 9.17) is 5.73 Å². The van der Waals surface area contributed by atoms with Gasteiger partial charge < -0.3 is 21.1 Å². The number of hydrogen-bond donors (Lipinski definition) is 3. The Hall–Kier alpha value is -3.10. The van der Waals surface area contributed by atoms with E-state index in [9.17, 15) is 13.9 Å². The lowest BCUT2D eigenvalue weighted by Crippen LogP contribution is -2.55. The van der Waals surface area contributed by atoms with Crippen molar-refractivity contribution in [3.8, 4) is 11.3 Å². The summed E-state index contributed by atoms with van der Waals surface area (Å²) in [5.74, 6) is -1.26. The number of nitrogens with two attached hydrogens (primary N) is 1. The third kappa shape index (κ3) is 4.50. The third-order valence-electron chi connectivity index (χ3n) is 5.59. The molecule has 0 saturated carbocycles. The second-order valence-corrected chi connectivity index (χ2v) is 7.89. The highest BCUT2D eigenvalue weighted by molar-refractivity contribution is 5.69. The Kier molecular flexibility index (Phi) is 6.11. The molecule has 3 aromatic rings. The monoisotopic (exact) mass is 425 g/mol. The zero-order valence-corrected chi connectivity index (χ0v) is 17.2. The molecule has 0 amide bonds. The van der Waals surface area contributed by atoms with Crippen molar-refractivity contribution in [3.05, 3.63) is 72.2 Å². The standard InChI is InChI=1S/C23H25F2N5O/c1-14-12-30(13-18(26)23(14)31)21-8-9-27-11-20(21)28-10-15-4-2-7-19(29-15)22-16(24)5-3-6-17(22)25/h2-9,11,14,18,23,28,31H,10,12-13,26H2,1H3/t14-,18?,23+/m0/s1. The molecule has 0 aliphatic carbocycles. The van der Waals surface area contributed by atoms with Crippen molar-refractivity contribution in [2.75, 3.05) is 23.3 Å². The number of aromatic nitrogens is 2. The van der Waals surface area contributed by atoms with Crippen molar-refractivity contribution in [3.63, 3.8) is 0 Å². The van der Waals surface area contributed by atoms with Crippen molar-refractivity contribution in [2.45, 2.75) is 25.6 Å². The van der Waals surface area contributed by atoms with E-state index in [1.807, 2.05) is 13.0 Å². The van der Waals surface area contributed by atoms with Crippen molar-refractivity contribution in [2.24, 2.45) is 11.7 Å². The maximum atomic E-state index is 14.1. The fourth-order valence-corrected chi connectivity index (χ4v) is 3.96. The minimum Gasteiger partial charge on any atom is -0.391 e. The average molecular weight is 425 g/mol. The molecule has 8 heteroatoms. The van der Waals surface area contributed by atoms with Gasteiger partial charge in [-0.25, -0.2) is 8.78 Å². The number of anilines is 2. The summed E-state index contributed by atoms with van der Waals surface area (Å²) in [6.45, 7) is 3.53. The van der Waals surface area contributed by atoms with Crippen LogP contribution in [0.4, 0.5) is 20.2 Å². The number of nitrogens with one attached hydrogen (secondary N) is 1. The number of rotatable bonds is 5. The number of nitrogens with zero attached hydrogens (tertiary/aromatic N) is 3. The molecule has 1 saturated heterocycles. The lowest BCUT2D eigenvalue weighted by Gasteiger charge is -2.40. The van der Waals surface area contributed by atoms with Crippen molar-refractivity contribution in [1.82, 2.24) is 9.97 Å². The van der Waals surface area contributed by atoms with Gasteiger partial charge in [0.2, 0.25) is 0 Å². The molecular weight excluding hydrogens is 400 g/mol. The smallest absolute Gasteiger partial charge is 0.135 e. The Morgan fingerprint density at radius 3 is 2.61 bits per heavy atom. The molecule has 0 radical (unpaired) electrons. The second-order valence-electron chi connectivity index (χ2n) is 7.89. The molecule has 2 aromatic heterocycles. The first kappa shape index (κ1) is 21.1. The number of hydrogen-bond acceptors (Lipinski definition) is 6. The molecule has 4 N–H and O–H groups in total. The molecule has 1 aliphatic heterocycles. The van der Waals surface area contributed by atoms with Gasteiger partial charge >= 0.3 is 0 Å². The van der Waals surface area contributed by atoms with Gasteiger partial charge in [-0.05, 0) is 30.3 Å². The van der Waals surface area contributed by atoms with Gasteiger partial charge in [-0.1, -0.05) is 19.1 Å². The first-order valence-electron chi connectivity index (χ1n) is 10.2. The molecule has 1 aromatic carbocycles. The van der Waals surface area contributed by atoms with Crippen LogP contribution >= 0.6 is 0 Å². The first-order valence-corrected chi connectivity index (χ1v) is 10.2. The van der Waals surface area contributed by atoms with Gasteiger partial charge in [-0.2, -0.15) is 0 Å². The maximum Gasteiger partial charge on any atom is 0.135 e. The topological polar surface area (TPSA) is 87.3 Å². The zero-order valence-electron chi connectivity index (χ0n) is 17.2. The van der Waals surface area contributed by atoms with Crippen LogP contribution in [0, 0.1) is 17.6 Å². The van der Waals surface area contributed by atoms with Crippen LogP contribution in [0.3, 0.4) is 0 Å². The van der Waals surface area contributed by atoms with Gasteiger partial charge in [0.05, 0.1) is 47.2 Å². The highest BCUT2D eigenvalue weighted by Gasteiger charge is 2.31. The van der Waals surface area contributed by atoms with E-state index in [0.717, 1.165) is 11.4 Å². The number of aliphatic hydroxyl groups excluding tert-OH is 1. The highest BCUT2D eigenvalue weighted by atomic mass is 19.1. The summed E-state index contributed by atoms with van der Waals surface area (Å²) < 4.78 is 28.3. The third-order valence-corrected chi connectivity index (χ3v) is 5.59. The molecule has 1 unspecified atom stereocenters. The predicted octanol–water partition coefficient (Wildman–Crippen LogP) is 3.18. The van der Waals surface area contributed by atoms with Crippen LogP contribution in [0.25, 0.3) is 11.3 Å². The first-order chi connectivity index (χ1) is 14.9. The molecule has 0 spiro atoms. The van der Waals surface area contributed by atoms with E-state index in [-0.39, 0.29) is 23.2 Å². The number of halogens is 2. The number of pyridine rings is 2. The van der Waals surface area contributed by atoms with Gasteiger partial charge in [0, 0.05) is 31.2 Å². The van der Waals surface area contributed by atoms with Crippen LogP contribution < -0.4 is 16.0 Å². The lowest BCUT2D eigenvalue weighted by molar-refractivity contribution is 0.0785. The fourth-order valence-electron chi connectivity index (χ4n) is 3.96. The van der Waals surface area contributed by atoms with Crippen molar-refractivity contribution < 1.29 is 13.9 Å². The zero-order chi connectivity index (χ0) is 22.0. The molecular formula is C23H25F2N5O. The van der Waals surface area contributed by atoms with Gasteiger partial charge in [0.15, 0.2) is 0 Å². The van der Waals surface area contributed by atoms with Crippen LogP contribution in [-0.4, -0.2) is 40.3 Å². The van der Waals surface area contributed by atoms with E-state index in [2.05, 4.69) is 20.2 Å². The summed E-state index contributed by atoms with van der Waals surface area (Å²) in [6.07, 6.45) is 2.90. The summed E-state index contributed by atoms with van der Waals surface area (Å²) >= 11 is 0. The Bertz CT molecular complexity index is 1030. The average Bonchev–Trinajstić information content (AvgIpc) is 2.76. The predicted molar refractivity (Wildman–Crippen MR) is 117 cm³/mol. The van der Waals surface area contributed by atoms with Crippen molar-refractivity contribution >= 4 is 11.4 Å². The Morgan fingerprint density at radius 1 is 1.13 bits per heavy atom. The molecule has 3 atom stereocenters. The summed E-state index contributed by atoms with van der Waals surface area (Å²) in [7, 11) is 0. The summed E-state index contributed by atoms with van der Waals surface area (Å²) in [6, 6.07) is 10.4. The van der Waals surface area contributed by atoms with Crippen LogP contribution in [0.1, 0.15) is 12.6 Å². The normalized spacial score (nSPS) is 21.2. The molecule has 1 aliphatic rings. The molecule has 162 valence electrons. The highest BCUT2D eigenvalue weighted by Crippen LogP contribution is 2.30. The molecule has 0 bridgehead atoms. The Morgan fingerprint density at radius 2 is 1.87 bits per heavy atom. The number of aliphatic hydroxyl groups is 1. The molecule has 6 nitrogen and oxygen atoms in total. The summed E-state index contributed by atoms with van der Waals surface area (Å²) in [5, 5.41) is 13.5. The Balaban J connectivity index is 1.54. The lowest BCUT2D eigenvalue weighted by atomic mass is 9.92. The molecule has 4 rings (SSSR count). The van der Waals surface area contributed by atoms with Gasteiger partial charge in [-0.3, -0.25) is 9.97 Å². The maximum absolute atomic E-state index is 14.1. The van der Waals surface area contributed by atoms with E-state index >= 15 is 0 Å². The quantitative estimate of drug-likeness (QED) is 0.582.